The molecule has 1 atom stereocenters. The van der Waals surface area contributed by atoms with Crippen molar-refractivity contribution in [3.8, 4) is 5.75 Å². The molecule has 2 amide bonds. The normalized spacial score (nSPS) is 23.9. The molecule has 1 aromatic rings. The summed E-state index contributed by atoms with van der Waals surface area (Å²) in [6.45, 7) is 1.20. The van der Waals surface area contributed by atoms with E-state index in [2.05, 4.69) is 10.3 Å². The summed E-state index contributed by atoms with van der Waals surface area (Å²) in [6, 6.07) is 1.67. The van der Waals surface area contributed by atoms with E-state index in [0.29, 0.717) is 31.6 Å². The maximum absolute atomic E-state index is 12.4. The Kier molecular flexibility index (Phi) is 5.53. The number of carbonyl (C=O) groups is 2. The van der Waals surface area contributed by atoms with Gasteiger partial charge < -0.3 is 20.1 Å². The Morgan fingerprint density at radius 3 is 2.92 bits per heavy atom. The number of nitrogens with one attached hydrogen (secondary N) is 1. The number of pyridine rings is 1. The summed E-state index contributed by atoms with van der Waals surface area (Å²) in [5, 5.41) is 12.7. The Labute approximate surface area is 147 Å². The van der Waals surface area contributed by atoms with E-state index in [9.17, 15) is 14.7 Å². The zero-order valence-electron chi connectivity index (χ0n) is 14.5. The number of rotatable bonds is 7. The predicted octanol–water partition coefficient (Wildman–Crippen LogP) is 1.03. The number of methoxy groups -OCH3 is 1. The van der Waals surface area contributed by atoms with E-state index in [1.54, 1.807) is 24.4 Å². The summed E-state index contributed by atoms with van der Waals surface area (Å²) in [4.78, 5) is 30.0. The molecule has 0 radical (unpaired) electrons. The highest BCUT2D eigenvalue weighted by molar-refractivity contribution is 5.80. The first kappa shape index (κ1) is 17.7. The van der Waals surface area contributed by atoms with Crippen LogP contribution in [-0.2, 0) is 9.59 Å². The maximum atomic E-state index is 12.4. The van der Waals surface area contributed by atoms with E-state index in [0.717, 1.165) is 18.5 Å². The standard InChI is InChI=1S/C18H25N3O4/c1-25-15-9-13(10-19-11-15)18(12-7-14(22)8-12)20-16(23)4-6-21-5-2-3-17(21)24/h9-12,14,18,22H,2-8H2,1H3,(H,20,23)/t12?,14?,18-/m1/s1. The summed E-state index contributed by atoms with van der Waals surface area (Å²) in [7, 11) is 1.58. The number of ether oxygens (including phenoxy) is 1. The molecule has 3 rings (SSSR count). The fraction of sp³-hybridized carbons (Fsp3) is 0.611. The van der Waals surface area contributed by atoms with E-state index in [1.165, 1.54) is 0 Å². The fourth-order valence-electron chi connectivity index (χ4n) is 3.52. The van der Waals surface area contributed by atoms with Crippen molar-refractivity contribution in [2.75, 3.05) is 20.2 Å². The van der Waals surface area contributed by atoms with Gasteiger partial charge >= 0.3 is 0 Å². The van der Waals surface area contributed by atoms with Gasteiger partial charge in [0.1, 0.15) is 5.75 Å². The molecular weight excluding hydrogens is 322 g/mol. The molecule has 7 heteroatoms. The number of likely N-dealkylation sites (tertiary alicyclic amines) is 1. The van der Waals surface area contributed by atoms with Crippen molar-refractivity contribution in [1.82, 2.24) is 15.2 Å². The number of aliphatic hydroxyl groups excluding tert-OH is 1. The third-order valence-electron chi connectivity index (χ3n) is 5.05. The molecule has 0 unspecified atom stereocenters. The Morgan fingerprint density at radius 2 is 2.28 bits per heavy atom. The van der Waals surface area contributed by atoms with E-state index in [4.69, 9.17) is 4.74 Å². The first-order valence-corrected chi connectivity index (χ1v) is 8.81. The van der Waals surface area contributed by atoms with Gasteiger partial charge in [0.2, 0.25) is 11.8 Å². The van der Waals surface area contributed by atoms with Crippen LogP contribution >= 0.6 is 0 Å². The minimum atomic E-state index is -0.301. The number of hydrogen-bond donors (Lipinski definition) is 2. The van der Waals surface area contributed by atoms with Crippen LogP contribution in [0, 0.1) is 5.92 Å². The van der Waals surface area contributed by atoms with E-state index < -0.39 is 0 Å². The molecule has 136 valence electrons. The molecule has 7 nitrogen and oxygen atoms in total. The molecule has 1 saturated heterocycles. The van der Waals surface area contributed by atoms with Crippen molar-refractivity contribution >= 4 is 11.8 Å². The van der Waals surface area contributed by atoms with Crippen molar-refractivity contribution in [2.24, 2.45) is 5.92 Å². The third kappa shape index (κ3) is 4.28. The maximum Gasteiger partial charge on any atom is 0.222 e. The lowest BCUT2D eigenvalue weighted by molar-refractivity contribution is -0.128. The minimum absolute atomic E-state index is 0.0890. The summed E-state index contributed by atoms with van der Waals surface area (Å²) in [5.41, 5.74) is 0.877. The number of amides is 2. The van der Waals surface area contributed by atoms with Crippen LogP contribution in [0.15, 0.2) is 18.5 Å². The van der Waals surface area contributed by atoms with Crippen molar-refractivity contribution in [3.63, 3.8) is 0 Å². The first-order chi connectivity index (χ1) is 12.1. The summed E-state index contributed by atoms with van der Waals surface area (Å²) >= 11 is 0. The molecule has 1 aliphatic heterocycles. The Hall–Kier alpha value is -2.15. The second-order valence-electron chi connectivity index (χ2n) is 6.82. The Balaban J connectivity index is 1.63. The molecule has 2 aliphatic rings. The van der Waals surface area contributed by atoms with Crippen LogP contribution in [-0.4, -0.2) is 53.1 Å². The van der Waals surface area contributed by atoms with Crippen LogP contribution in [0.4, 0.5) is 0 Å². The van der Waals surface area contributed by atoms with Gasteiger partial charge in [0.15, 0.2) is 0 Å². The molecule has 0 spiro atoms. The van der Waals surface area contributed by atoms with Gasteiger partial charge in [-0.3, -0.25) is 14.6 Å². The van der Waals surface area contributed by atoms with Gasteiger partial charge in [0, 0.05) is 32.1 Å². The Bertz CT molecular complexity index is 631. The average molecular weight is 347 g/mol. The van der Waals surface area contributed by atoms with Crippen LogP contribution in [0.25, 0.3) is 0 Å². The highest BCUT2D eigenvalue weighted by Gasteiger charge is 2.36. The lowest BCUT2D eigenvalue weighted by atomic mass is 9.75. The predicted molar refractivity (Wildman–Crippen MR) is 90.8 cm³/mol. The lowest BCUT2D eigenvalue weighted by Gasteiger charge is -2.38. The molecule has 2 heterocycles. The number of aliphatic hydroxyl groups is 1. The summed E-state index contributed by atoms with van der Waals surface area (Å²) < 4.78 is 5.22. The van der Waals surface area contributed by atoms with Crippen LogP contribution < -0.4 is 10.1 Å². The largest absolute Gasteiger partial charge is 0.495 e. The molecule has 0 aromatic carbocycles. The Morgan fingerprint density at radius 1 is 1.48 bits per heavy atom. The number of carbonyl (C=O) groups excluding carboxylic acids is 2. The minimum Gasteiger partial charge on any atom is -0.495 e. The summed E-state index contributed by atoms with van der Waals surface area (Å²) in [5.74, 6) is 0.859. The van der Waals surface area contributed by atoms with Crippen LogP contribution in [0.2, 0.25) is 0 Å². The highest BCUT2D eigenvalue weighted by atomic mass is 16.5. The van der Waals surface area contributed by atoms with Gasteiger partial charge in [-0.15, -0.1) is 0 Å². The number of aromatic nitrogens is 1. The van der Waals surface area contributed by atoms with Crippen molar-refractivity contribution in [2.45, 2.75) is 44.2 Å². The average Bonchev–Trinajstić information content (AvgIpc) is 3.00. The topological polar surface area (TPSA) is 91.8 Å². The highest BCUT2D eigenvalue weighted by Crippen LogP contribution is 2.38. The van der Waals surface area contributed by atoms with Gasteiger partial charge in [-0.25, -0.2) is 0 Å². The summed E-state index contributed by atoms with van der Waals surface area (Å²) in [6.07, 6.45) is 6.11. The zero-order chi connectivity index (χ0) is 17.8. The van der Waals surface area contributed by atoms with Gasteiger partial charge in [0.05, 0.1) is 25.5 Å². The van der Waals surface area contributed by atoms with Crippen molar-refractivity contribution < 1.29 is 19.4 Å². The second kappa shape index (κ2) is 7.82. The van der Waals surface area contributed by atoms with E-state index in [-0.39, 0.29) is 36.3 Å². The molecule has 1 aliphatic carbocycles. The second-order valence-corrected chi connectivity index (χ2v) is 6.82. The molecule has 2 N–H and O–H groups in total. The van der Waals surface area contributed by atoms with Gasteiger partial charge in [-0.1, -0.05) is 0 Å². The monoisotopic (exact) mass is 347 g/mol. The smallest absolute Gasteiger partial charge is 0.222 e. The van der Waals surface area contributed by atoms with Crippen molar-refractivity contribution in [1.29, 1.82) is 0 Å². The number of nitrogens with zero attached hydrogens (tertiary/aromatic N) is 2. The molecule has 1 aromatic heterocycles. The van der Waals surface area contributed by atoms with Crippen LogP contribution in [0.1, 0.15) is 43.7 Å². The molecule has 0 bridgehead atoms. The van der Waals surface area contributed by atoms with Gasteiger partial charge in [-0.2, -0.15) is 0 Å². The molecule has 2 fully saturated rings. The third-order valence-corrected chi connectivity index (χ3v) is 5.05. The molecule has 1 saturated carbocycles. The van der Waals surface area contributed by atoms with E-state index >= 15 is 0 Å². The van der Waals surface area contributed by atoms with Crippen LogP contribution in [0.3, 0.4) is 0 Å². The quantitative estimate of drug-likeness (QED) is 0.769. The lowest BCUT2D eigenvalue weighted by Crippen LogP contribution is -2.42. The fourth-order valence-corrected chi connectivity index (χ4v) is 3.52. The van der Waals surface area contributed by atoms with Gasteiger partial charge in [-0.05, 0) is 36.8 Å². The van der Waals surface area contributed by atoms with E-state index in [1.807, 2.05) is 6.07 Å². The zero-order valence-corrected chi connectivity index (χ0v) is 14.5. The molecular formula is C18H25N3O4. The van der Waals surface area contributed by atoms with Gasteiger partial charge in [0.25, 0.3) is 0 Å². The number of hydrogen-bond acceptors (Lipinski definition) is 5. The van der Waals surface area contributed by atoms with Crippen LogP contribution in [0.5, 0.6) is 5.75 Å². The molecule has 25 heavy (non-hydrogen) atoms. The van der Waals surface area contributed by atoms with Crippen molar-refractivity contribution in [3.05, 3.63) is 24.0 Å². The first-order valence-electron chi connectivity index (χ1n) is 8.81. The SMILES string of the molecule is COc1cncc([C@H](NC(=O)CCN2CCCC2=O)C2CC(O)C2)c1.